The van der Waals surface area contributed by atoms with E-state index in [4.69, 9.17) is 14.8 Å². The SMILES string of the molecule is COc1nc(/C=C/c2nc3n(n2)CCC[C@@H]3c2ccccc2Br)ccc1-n1cnc(C)c1. The number of methoxy groups -OCH3 is 1. The molecule has 1 aliphatic heterocycles. The molecule has 162 valence electrons. The van der Waals surface area contributed by atoms with Gasteiger partial charge < -0.3 is 9.30 Å². The van der Waals surface area contributed by atoms with E-state index in [1.807, 2.05) is 52.7 Å². The van der Waals surface area contributed by atoms with Crippen LogP contribution in [0, 0.1) is 6.92 Å². The highest BCUT2D eigenvalue weighted by Gasteiger charge is 2.26. The Morgan fingerprint density at radius 3 is 2.78 bits per heavy atom. The van der Waals surface area contributed by atoms with E-state index in [0.717, 1.165) is 46.8 Å². The van der Waals surface area contributed by atoms with Crippen LogP contribution in [0.15, 0.2) is 53.4 Å². The number of rotatable bonds is 5. The van der Waals surface area contributed by atoms with E-state index in [1.165, 1.54) is 5.56 Å². The Kier molecular flexibility index (Phi) is 5.61. The van der Waals surface area contributed by atoms with E-state index in [9.17, 15) is 0 Å². The molecule has 0 aliphatic carbocycles. The third-order valence-electron chi connectivity index (χ3n) is 5.62. The quantitative estimate of drug-likeness (QED) is 0.392. The minimum atomic E-state index is 0.241. The molecule has 1 aliphatic rings. The van der Waals surface area contributed by atoms with Crippen molar-refractivity contribution in [1.82, 2.24) is 29.3 Å². The minimum absolute atomic E-state index is 0.241. The maximum Gasteiger partial charge on any atom is 0.238 e. The van der Waals surface area contributed by atoms with E-state index in [-0.39, 0.29) is 5.92 Å². The fourth-order valence-corrected chi connectivity index (χ4v) is 4.65. The van der Waals surface area contributed by atoms with E-state index >= 15 is 0 Å². The number of imidazole rings is 1. The highest BCUT2D eigenvalue weighted by molar-refractivity contribution is 9.10. The third kappa shape index (κ3) is 3.98. The lowest BCUT2D eigenvalue weighted by Gasteiger charge is -2.23. The molecule has 0 saturated heterocycles. The number of nitrogens with zero attached hydrogens (tertiary/aromatic N) is 6. The Morgan fingerprint density at radius 2 is 2.00 bits per heavy atom. The number of ether oxygens (including phenoxy) is 1. The van der Waals surface area contributed by atoms with Crippen molar-refractivity contribution in [2.24, 2.45) is 0 Å². The summed E-state index contributed by atoms with van der Waals surface area (Å²) in [7, 11) is 1.62. The number of aromatic nitrogens is 6. The number of aryl methyl sites for hydroxylation is 2. The molecule has 1 atom stereocenters. The van der Waals surface area contributed by atoms with Crippen molar-refractivity contribution in [1.29, 1.82) is 0 Å². The Balaban J connectivity index is 1.42. The fourth-order valence-electron chi connectivity index (χ4n) is 4.09. The van der Waals surface area contributed by atoms with Gasteiger partial charge in [0.15, 0.2) is 5.82 Å². The summed E-state index contributed by atoms with van der Waals surface area (Å²) in [6.45, 7) is 2.84. The van der Waals surface area contributed by atoms with Crippen LogP contribution in [0.1, 0.15) is 47.4 Å². The maximum atomic E-state index is 5.51. The summed E-state index contributed by atoms with van der Waals surface area (Å²) in [6.07, 6.45) is 9.67. The zero-order valence-corrected chi connectivity index (χ0v) is 19.5. The lowest BCUT2D eigenvalue weighted by atomic mass is 9.91. The molecule has 8 heteroatoms. The van der Waals surface area contributed by atoms with Crippen molar-refractivity contribution in [2.75, 3.05) is 7.11 Å². The summed E-state index contributed by atoms with van der Waals surface area (Å²) in [4.78, 5) is 13.7. The maximum absolute atomic E-state index is 5.51. The van der Waals surface area contributed by atoms with Gasteiger partial charge in [-0.1, -0.05) is 34.1 Å². The standard InChI is InChI=1S/C24H23BrN6O/c1-16-14-30(15-26-16)21-11-9-17(27-24(21)32-2)10-12-22-28-23-19(7-5-13-31(23)29-22)18-6-3-4-8-20(18)25/h3-4,6,8-12,14-15,19H,5,7,13H2,1-2H3/b12-10+/t19-/m1/s1. The number of halogens is 1. The molecule has 4 aromatic rings. The molecule has 7 nitrogen and oxygen atoms in total. The first-order valence-corrected chi connectivity index (χ1v) is 11.3. The molecule has 0 N–H and O–H groups in total. The van der Waals surface area contributed by atoms with Gasteiger partial charge in [0, 0.05) is 23.1 Å². The lowest BCUT2D eigenvalue weighted by molar-refractivity contribution is 0.395. The predicted octanol–water partition coefficient (Wildman–Crippen LogP) is 5.03. The third-order valence-corrected chi connectivity index (χ3v) is 6.34. The van der Waals surface area contributed by atoms with Crippen LogP contribution in [0.25, 0.3) is 17.8 Å². The van der Waals surface area contributed by atoms with Crippen LogP contribution in [-0.4, -0.2) is 36.4 Å². The van der Waals surface area contributed by atoms with Gasteiger partial charge in [0.25, 0.3) is 0 Å². The van der Waals surface area contributed by atoms with Crippen LogP contribution in [0.2, 0.25) is 0 Å². The summed E-state index contributed by atoms with van der Waals surface area (Å²) < 4.78 is 10.6. The van der Waals surface area contributed by atoms with Crippen molar-refractivity contribution in [3.05, 3.63) is 82.0 Å². The fraction of sp³-hybridized carbons (Fsp3) is 0.250. The number of hydrogen-bond donors (Lipinski definition) is 0. The van der Waals surface area contributed by atoms with Gasteiger partial charge in [0.1, 0.15) is 11.5 Å². The molecule has 0 fully saturated rings. The first kappa shape index (κ1) is 20.6. The highest BCUT2D eigenvalue weighted by atomic mass is 79.9. The number of benzene rings is 1. The van der Waals surface area contributed by atoms with Crippen molar-refractivity contribution in [3.63, 3.8) is 0 Å². The van der Waals surface area contributed by atoms with Crippen molar-refractivity contribution in [3.8, 4) is 11.6 Å². The van der Waals surface area contributed by atoms with Crippen LogP contribution in [0.3, 0.4) is 0 Å². The van der Waals surface area contributed by atoms with Crippen LogP contribution in [0.5, 0.6) is 5.88 Å². The zero-order valence-electron chi connectivity index (χ0n) is 17.9. The average Bonchev–Trinajstić information content (AvgIpc) is 3.43. The van der Waals surface area contributed by atoms with Gasteiger partial charge in [0.2, 0.25) is 5.88 Å². The molecule has 0 unspecified atom stereocenters. The second-order valence-electron chi connectivity index (χ2n) is 7.79. The molecule has 4 heterocycles. The lowest BCUT2D eigenvalue weighted by Crippen LogP contribution is -2.18. The van der Waals surface area contributed by atoms with Crippen molar-refractivity contribution >= 4 is 28.1 Å². The summed E-state index contributed by atoms with van der Waals surface area (Å²) in [5.41, 5.74) is 3.81. The van der Waals surface area contributed by atoms with Crippen LogP contribution in [0.4, 0.5) is 0 Å². The second kappa shape index (κ2) is 8.70. The number of hydrogen-bond acceptors (Lipinski definition) is 5. The molecule has 0 saturated carbocycles. The number of fused-ring (bicyclic) bond motifs is 1. The Morgan fingerprint density at radius 1 is 1.12 bits per heavy atom. The first-order valence-electron chi connectivity index (χ1n) is 10.6. The molecule has 0 spiro atoms. The van der Waals surface area contributed by atoms with E-state index in [2.05, 4.69) is 44.1 Å². The summed E-state index contributed by atoms with van der Waals surface area (Å²) >= 11 is 3.69. The van der Waals surface area contributed by atoms with Crippen molar-refractivity contribution in [2.45, 2.75) is 32.2 Å². The molecule has 32 heavy (non-hydrogen) atoms. The molecule has 0 amide bonds. The van der Waals surface area contributed by atoms with Gasteiger partial charge in [-0.05, 0) is 55.7 Å². The molecule has 0 bridgehead atoms. The first-order chi connectivity index (χ1) is 15.6. The van der Waals surface area contributed by atoms with Gasteiger partial charge in [-0.2, -0.15) is 5.10 Å². The highest BCUT2D eigenvalue weighted by Crippen LogP contribution is 2.36. The van der Waals surface area contributed by atoms with Crippen LogP contribution in [-0.2, 0) is 6.54 Å². The minimum Gasteiger partial charge on any atom is -0.479 e. The zero-order chi connectivity index (χ0) is 22.1. The molecule has 0 radical (unpaired) electrons. The van der Waals surface area contributed by atoms with E-state index in [0.29, 0.717) is 11.7 Å². The van der Waals surface area contributed by atoms with Crippen molar-refractivity contribution < 1.29 is 4.74 Å². The largest absolute Gasteiger partial charge is 0.479 e. The molecular weight excluding hydrogens is 468 g/mol. The van der Waals surface area contributed by atoms with E-state index < -0.39 is 0 Å². The Bertz CT molecular complexity index is 1290. The molecule has 1 aromatic carbocycles. The number of pyridine rings is 1. The van der Waals surface area contributed by atoms with Crippen LogP contribution >= 0.6 is 15.9 Å². The average molecular weight is 491 g/mol. The summed E-state index contributed by atoms with van der Waals surface area (Å²) in [5.74, 6) is 2.48. The summed E-state index contributed by atoms with van der Waals surface area (Å²) in [5, 5.41) is 4.71. The normalized spacial score (nSPS) is 15.8. The molecule has 5 rings (SSSR count). The Hall–Kier alpha value is -3.26. The topological polar surface area (TPSA) is 70.7 Å². The second-order valence-corrected chi connectivity index (χ2v) is 8.64. The smallest absolute Gasteiger partial charge is 0.238 e. The van der Waals surface area contributed by atoms with Gasteiger partial charge >= 0.3 is 0 Å². The predicted molar refractivity (Wildman–Crippen MR) is 127 cm³/mol. The monoisotopic (exact) mass is 490 g/mol. The Labute approximate surface area is 194 Å². The van der Waals surface area contributed by atoms with Gasteiger partial charge in [-0.25, -0.2) is 19.6 Å². The summed E-state index contributed by atoms with van der Waals surface area (Å²) in [6, 6.07) is 12.3. The van der Waals surface area contributed by atoms with Gasteiger partial charge in [-0.15, -0.1) is 0 Å². The molecular formula is C24H23BrN6O. The van der Waals surface area contributed by atoms with Gasteiger partial charge in [0.05, 0.1) is 24.8 Å². The van der Waals surface area contributed by atoms with Crippen LogP contribution < -0.4 is 4.74 Å². The van der Waals surface area contributed by atoms with E-state index in [1.54, 1.807) is 13.4 Å². The van der Waals surface area contributed by atoms with Gasteiger partial charge in [-0.3, -0.25) is 0 Å². The molecule has 3 aromatic heterocycles.